The molecule has 0 unspecified atom stereocenters. The fourth-order valence-corrected chi connectivity index (χ4v) is 1.04. The average Bonchev–Trinajstić information content (AvgIpc) is 2.03. The second-order valence-corrected chi connectivity index (χ2v) is 4.30. The van der Waals surface area contributed by atoms with Crippen molar-refractivity contribution in [3.05, 3.63) is 0 Å². The number of sulfonamides is 1. The lowest BCUT2D eigenvalue weighted by molar-refractivity contribution is -0.122. The first-order chi connectivity index (χ1) is 5.87. The highest BCUT2D eigenvalue weighted by Gasteiger charge is 2.13. The van der Waals surface area contributed by atoms with Crippen LogP contribution in [0.3, 0.4) is 0 Å². The van der Waals surface area contributed by atoms with Gasteiger partial charge in [0.1, 0.15) is 0 Å². The highest BCUT2D eigenvalue weighted by Crippen LogP contribution is 1.99. The van der Waals surface area contributed by atoms with Gasteiger partial charge in [-0.15, -0.1) is 0 Å². The number of hydrogen-bond acceptors (Lipinski definition) is 3. The van der Waals surface area contributed by atoms with Crippen molar-refractivity contribution in [3.8, 4) is 0 Å². The fourth-order valence-electron chi connectivity index (χ4n) is 0.469. The zero-order valence-corrected chi connectivity index (χ0v) is 9.73. The van der Waals surface area contributed by atoms with Crippen LogP contribution in [0, 0.1) is 5.92 Å². The van der Waals surface area contributed by atoms with Crippen molar-refractivity contribution in [3.63, 3.8) is 0 Å². The van der Waals surface area contributed by atoms with E-state index < -0.39 is 15.9 Å². The first-order valence-corrected chi connectivity index (χ1v) is 6.27. The van der Waals surface area contributed by atoms with Gasteiger partial charge in [0.05, 0.1) is 6.26 Å². The summed E-state index contributed by atoms with van der Waals surface area (Å²) in [7, 11) is -3.38. The third-order valence-corrected chi connectivity index (χ3v) is 1.92. The van der Waals surface area contributed by atoms with Gasteiger partial charge in [-0.05, 0) is 6.42 Å². The van der Waals surface area contributed by atoms with E-state index in [1.54, 1.807) is 6.92 Å². The topological polar surface area (TPSA) is 63.2 Å². The summed E-state index contributed by atoms with van der Waals surface area (Å²) in [6, 6.07) is 0. The molecule has 82 valence electrons. The lowest BCUT2D eigenvalue weighted by Crippen LogP contribution is -2.33. The summed E-state index contributed by atoms with van der Waals surface area (Å²) >= 11 is 0. The van der Waals surface area contributed by atoms with E-state index in [1.807, 2.05) is 25.5 Å². The Kier molecular flexibility index (Phi) is 7.90. The summed E-state index contributed by atoms with van der Waals surface area (Å²) in [6.45, 7) is 7.51. The first-order valence-electron chi connectivity index (χ1n) is 4.38. The Bertz CT molecular complexity index is 239. The van der Waals surface area contributed by atoms with Gasteiger partial charge in [-0.3, -0.25) is 9.52 Å². The normalized spacial score (nSPS) is 12.4. The maximum absolute atomic E-state index is 10.9. The quantitative estimate of drug-likeness (QED) is 0.767. The van der Waals surface area contributed by atoms with Crippen molar-refractivity contribution in [1.82, 2.24) is 4.72 Å². The van der Waals surface area contributed by atoms with Gasteiger partial charge in [0.2, 0.25) is 15.9 Å². The minimum atomic E-state index is -3.38. The van der Waals surface area contributed by atoms with Gasteiger partial charge in [-0.2, -0.15) is 0 Å². The summed E-state index contributed by atoms with van der Waals surface area (Å²) in [5.41, 5.74) is 0. The number of rotatable bonds is 3. The molecule has 0 aliphatic carbocycles. The minimum absolute atomic E-state index is 0. The molecule has 0 aromatic heterocycles. The number of carbonyl (C=O) groups is 1. The molecular formula is C8H21NO3S. The summed E-state index contributed by atoms with van der Waals surface area (Å²) in [5, 5.41) is 0. The molecule has 0 saturated carbocycles. The van der Waals surface area contributed by atoms with Crippen molar-refractivity contribution < 1.29 is 14.6 Å². The Morgan fingerprint density at radius 1 is 1.46 bits per heavy atom. The smallest absolute Gasteiger partial charge is 0.236 e. The summed E-state index contributed by atoms with van der Waals surface area (Å²) < 4.78 is 23.0. The summed E-state index contributed by atoms with van der Waals surface area (Å²) in [6.07, 6.45) is 1.61. The molecule has 4 nitrogen and oxygen atoms in total. The molecule has 0 saturated heterocycles. The first kappa shape index (κ1) is 14.9. The van der Waals surface area contributed by atoms with Crippen LogP contribution < -0.4 is 4.72 Å². The standard InChI is InChI=1S/C6H13NO3S.C2H6.H2/c1-4-5(2)6(8)7-11(3,9)10;1-2;/h5H,4H2,1-3H3,(H,7,8);1-2H3;1H/t5-;;/m0../s1. The van der Waals surface area contributed by atoms with Crippen molar-refractivity contribution in [2.24, 2.45) is 5.92 Å². The largest absolute Gasteiger partial charge is 0.274 e. The molecule has 0 spiro atoms. The van der Waals surface area contributed by atoms with Crippen LogP contribution in [0.4, 0.5) is 0 Å². The highest BCUT2D eigenvalue weighted by molar-refractivity contribution is 7.89. The van der Waals surface area contributed by atoms with E-state index in [0.29, 0.717) is 6.42 Å². The number of amides is 1. The Morgan fingerprint density at radius 3 is 2.08 bits per heavy atom. The lowest BCUT2D eigenvalue weighted by atomic mass is 10.1. The van der Waals surface area contributed by atoms with Crippen LogP contribution in [-0.2, 0) is 14.8 Å². The van der Waals surface area contributed by atoms with Gasteiger partial charge in [0, 0.05) is 7.34 Å². The SMILES string of the molecule is CC.CC[C@H](C)C(=O)NS(C)(=O)=O.[HH]. The van der Waals surface area contributed by atoms with Gasteiger partial charge in [0.15, 0.2) is 0 Å². The zero-order valence-electron chi connectivity index (χ0n) is 8.92. The van der Waals surface area contributed by atoms with Crippen LogP contribution in [0.25, 0.3) is 0 Å². The van der Waals surface area contributed by atoms with E-state index >= 15 is 0 Å². The Hall–Kier alpha value is -0.580. The molecule has 1 atom stereocenters. The molecule has 5 heteroatoms. The second-order valence-electron chi connectivity index (χ2n) is 2.55. The maximum Gasteiger partial charge on any atom is 0.236 e. The van der Waals surface area contributed by atoms with E-state index in [9.17, 15) is 13.2 Å². The van der Waals surface area contributed by atoms with Crippen molar-refractivity contribution in [2.45, 2.75) is 34.1 Å². The van der Waals surface area contributed by atoms with E-state index in [1.165, 1.54) is 0 Å². The van der Waals surface area contributed by atoms with Gasteiger partial charge in [0.25, 0.3) is 0 Å². The third kappa shape index (κ3) is 9.33. The van der Waals surface area contributed by atoms with Crippen molar-refractivity contribution in [1.29, 1.82) is 0 Å². The zero-order chi connectivity index (χ0) is 11.1. The van der Waals surface area contributed by atoms with E-state index in [0.717, 1.165) is 6.26 Å². The molecule has 0 fully saturated rings. The van der Waals surface area contributed by atoms with E-state index in [4.69, 9.17) is 0 Å². The summed E-state index contributed by atoms with van der Waals surface area (Å²) in [5.74, 6) is -0.681. The van der Waals surface area contributed by atoms with Crippen LogP contribution in [-0.4, -0.2) is 20.6 Å². The second kappa shape index (κ2) is 6.88. The minimum Gasteiger partial charge on any atom is -0.274 e. The number of nitrogens with one attached hydrogen (secondary N) is 1. The average molecular weight is 211 g/mol. The molecule has 0 aliphatic rings. The van der Waals surface area contributed by atoms with Crippen LogP contribution in [0.5, 0.6) is 0 Å². The van der Waals surface area contributed by atoms with Crippen LogP contribution in [0.1, 0.15) is 35.5 Å². The molecule has 0 bridgehead atoms. The van der Waals surface area contributed by atoms with Crippen LogP contribution in [0.15, 0.2) is 0 Å². The summed E-state index contributed by atoms with van der Waals surface area (Å²) in [4.78, 5) is 10.9. The third-order valence-electron chi connectivity index (χ3n) is 1.35. The fraction of sp³-hybridized carbons (Fsp3) is 0.875. The Balaban J connectivity index is -0.000000376. The van der Waals surface area contributed by atoms with Gasteiger partial charge in [-0.1, -0.05) is 27.7 Å². The van der Waals surface area contributed by atoms with Gasteiger partial charge in [-0.25, -0.2) is 8.42 Å². The predicted octanol–water partition coefficient (Wildman–Crippen LogP) is 1.38. The molecule has 0 radical (unpaired) electrons. The molecule has 0 aromatic carbocycles. The van der Waals surface area contributed by atoms with Crippen molar-refractivity contribution >= 4 is 15.9 Å². The molecule has 0 aromatic rings. The van der Waals surface area contributed by atoms with Gasteiger partial charge < -0.3 is 0 Å². The molecule has 13 heavy (non-hydrogen) atoms. The molecule has 1 amide bonds. The number of carbonyl (C=O) groups excluding carboxylic acids is 1. The molecule has 0 heterocycles. The Labute approximate surface area is 82.3 Å². The lowest BCUT2D eigenvalue weighted by Gasteiger charge is -2.06. The van der Waals surface area contributed by atoms with Gasteiger partial charge >= 0.3 is 0 Å². The Morgan fingerprint density at radius 2 is 1.85 bits per heavy atom. The predicted molar refractivity (Wildman–Crippen MR) is 55.9 cm³/mol. The maximum atomic E-state index is 10.9. The molecule has 1 N–H and O–H groups in total. The highest BCUT2D eigenvalue weighted by atomic mass is 32.2. The number of hydrogen-bond donors (Lipinski definition) is 1. The molecule has 0 rings (SSSR count). The van der Waals surface area contributed by atoms with Crippen molar-refractivity contribution in [2.75, 3.05) is 6.26 Å². The molecular weight excluding hydrogens is 190 g/mol. The van der Waals surface area contributed by atoms with E-state index in [-0.39, 0.29) is 7.34 Å². The van der Waals surface area contributed by atoms with Crippen LogP contribution in [0.2, 0.25) is 0 Å². The van der Waals surface area contributed by atoms with Crippen LogP contribution >= 0.6 is 0 Å². The van der Waals surface area contributed by atoms with E-state index in [2.05, 4.69) is 0 Å². The molecule has 0 aliphatic heterocycles. The monoisotopic (exact) mass is 211 g/mol.